The Labute approximate surface area is 220 Å². The van der Waals surface area contributed by atoms with Gasteiger partial charge in [-0.3, -0.25) is 0 Å². The molecule has 7 rings (SSSR count). The molecule has 10 nitrogen and oxygen atoms in total. The van der Waals surface area contributed by atoms with Gasteiger partial charge in [0.2, 0.25) is 0 Å². The average molecular weight is 513 g/mol. The van der Waals surface area contributed by atoms with Crippen molar-refractivity contribution < 1.29 is 9.26 Å². The molecule has 1 saturated heterocycles. The van der Waals surface area contributed by atoms with E-state index in [1.54, 1.807) is 7.11 Å². The van der Waals surface area contributed by atoms with Crippen molar-refractivity contribution in [3.63, 3.8) is 0 Å². The molecule has 0 amide bonds. The van der Waals surface area contributed by atoms with Gasteiger partial charge in [-0.1, -0.05) is 5.16 Å². The summed E-state index contributed by atoms with van der Waals surface area (Å²) in [5.41, 5.74) is 5.61. The number of hydrogen-bond acceptors (Lipinski definition) is 8. The van der Waals surface area contributed by atoms with Gasteiger partial charge in [-0.05, 0) is 71.7 Å². The van der Waals surface area contributed by atoms with Gasteiger partial charge in [-0.25, -0.2) is 14.6 Å². The number of H-pyrrole nitrogens is 1. The highest BCUT2D eigenvalue weighted by Gasteiger charge is 2.30. The van der Waals surface area contributed by atoms with E-state index in [0.717, 1.165) is 87.8 Å². The van der Waals surface area contributed by atoms with E-state index < -0.39 is 0 Å². The van der Waals surface area contributed by atoms with Gasteiger partial charge in [0, 0.05) is 28.5 Å². The van der Waals surface area contributed by atoms with Crippen molar-refractivity contribution in [3.05, 3.63) is 41.2 Å². The highest BCUT2D eigenvalue weighted by atomic mass is 16.5. The first-order chi connectivity index (χ1) is 18.5. The molecule has 0 spiro atoms. The largest absolute Gasteiger partial charge is 0.496 e. The van der Waals surface area contributed by atoms with Crippen LogP contribution in [0, 0.1) is 20.8 Å². The summed E-state index contributed by atoms with van der Waals surface area (Å²) in [5, 5.41) is 18.3. The zero-order valence-electron chi connectivity index (χ0n) is 22.2. The first-order valence-corrected chi connectivity index (χ1v) is 13.4. The molecule has 1 aliphatic heterocycles. The second-order valence-corrected chi connectivity index (χ2v) is 10.5. The van der Waals surface area contributed by atoms with Crippen molar-refractivity contribution in [3.8, 4) is 16.9 Å². The molecule has 196 valence electrons. The number of ether oxygens (including phenoxy) is 1. The van der Waals surface area contributed by atoms with Crippen LogP contribution < -0.4 is 15.4 Å². The van der Waals surface area contributed by atoms with Crippen molar-refractivity contribution in [1.82, 2.24) is 35.2 Å². The lowest BCUT2D eigenvalue weighted by Crippen LogP contribution is -2.30. The maximum atomic E-state index is 5.86. The quantitative estimate of drug-likeness (QED) is 0.275. The van der Waals surface area contributed by atoms with Gasteiger partial charge < -0.3 is 24.9 Å². The van der Waals surface area contributed by atoms with Gasteiger partial charge in [0.25, 0.3) is 0 Å². The number of aryl methyl sites for hydroxylation is 3. The number of nitrogens with one attached hydrogen (secondary N) is 3. The Kier molecular flexibility index (Phi) is 5.40. The van der Waals surface area contributed by atoms with Crippen LogP contribution in [0.25, 0.3) is 33.1 Å². The van der Waals surface area contributed by atoms with E-state index in [2.05, 4.69) is 43.7 Å². The molecule has 0 radical (unpaired) electrons. The lowest BCUT2D eigenvalue weighted by atomic mass is 10.0. The van der Waals surface area contributed by atoms with Crippen LogP contribution in [0.4, 0.5) is 11.6 Å². The van der Waals surface area contributed by atoms with Gasteiger partial charge in [-0.15, -0.1) is 0 Å². The maximum Gasteiger partial charge on any atom is 0.145 e. The molecule has 5 aromatic rings. The third-order valence-electron chi connectivity index (χ3n) is 7.84. The molecule has 1 aliphatic carbocycles. The molecule has 4 aromatic heterocycles. The Morgan fingerprint density at radius 2 is 1.87 bits per heavy atom. The third-order valence-corrected chi connectivity index (χ3v) is 7.84. The third kappa shape index (κ3) is 3.82. The van der Waals surface area contributed by atoms with Crippen LogP contribution in [-0.4, -0.2) is 50.1 Å². The van der Waals surface area contributed by atoms with Crippen LogP contribution >= 0.6 is 0 Å². The van der Waals surface area contributed by atoms with Gasteiger partial charge >= 0.3 is 0 Å². The number of fused-ring (bicyclic) bond motifs is 3. The topological polar surface area (TPSA) is 119 Å². The second kappa shape index (κ2) is 8.83. The van der Waals surface area contributed by atoms with Crippen LogP contribution in [0.2, 0.25) is 0 Å². The molecule has 1 saturated carbocycles. The lowest BCUT2D eigenvalue weighted by Gasteiger charge is -2.25. The molecular weight excluding hydrogens is 480 g/mol. The van der Waals surface area contributed by atoms with Crippen molar-refractivity contribution in [1.29, 1.82) is 0 Å². The number of rotatable bonds is 6. The van der Waals surface area contributed by atoms with Crippen molar-refractivity contribution in [2.45, 2.75) is 58.4 Å². The van der Waals surface area contributed by atoms with Crippen LogP contribution in [-0.2, 0) is 0 Å². The summed E-state index contributed by atoms with van der Waals surface area (Å²) < 4.78 is 13.5. The molecule has 1 aromatic carbocycles. The van der Waals surface area contributed by atoms with Gasteiger partial charge in [0.1, 0.15) is 34.6 Å². The van der Waals surface area contributed by atoms with Gasteiger partial charge in [-0.2, -0.15) is 5.10 Å². The summed E-state index contributed by atoms with van der Waals surface area (Å²) in [7, 11) is 1.69. The number of aromatic amines is 1. The second-order valence-electron chi connectivity index (χ2n) is 10.5. The summed E-state index contributed by atoms with van der Waals surface area (Å²) in [4.78, 5) is 13.1. The van der Waals surface area contributed by atoms with Crippen LogP contribution in [0.1, 0.15) is 60.6 Å². The summed E-state index contributed by atoms with van der Waals surface area (Å²) >= 11 is 0. The predicted molar refractivity (Wildman–Crippen MR) is 146 cm³/mol. The molecular formula is C28H32N8O2. The van der Waals surface area contributed by atoms with Gasteiger partial charge in [0.05, 0.1) is 35.5 Å². The fourth-order valence-corrected chi connectivity index (χ4v) is 5.79. The van der Waals surface area contributed by atoms with E-state index in [-0.39, 0.29) is 0 Å². The molecule has 0 atom stereocenters. The number of aromatic nitrogens is 6. The van der Waals surface area contributed by atoms with E-state index in [1.807, 2.05) is 20.8 Å². The minimum atomic E-state index is 0.366. The predicted octanol–water partition coefficient (Wildman–Crippen LogP) is 5.44. The number of benzene rings is 1. The number of anilines is 2. The Hall–Kier alpha value is -3.92. The zero-order valence-corrected chi connectivity index (χ0v) is 22.2. The zero-order chi connectivity index (χ0) is 26.0. The lowest BCUT2D eigenvalue weighted by molar-refractivity contribution is 0.345. The fraction of sp³-hybridized carbons (Fsp3) is 0.429. The summed E-state index contributed by atoms with van der Waals surface area (Å²) in [6, 6.07) is 6.73. The number of hydrogen-bond donors (Lipinski definition) is 3. The van der Waals surface area contributed by atoms with Crippen LogP contribution in [0.15, 0.2) is 22.7 Å². The molecule has 10 heteroatoms. The smallest absolute Gasteiger partial charge is 0.145 e. The highest BCUT2D eigenvalue weighted by Crippen LogP contribution is 2.43. The van der Waals surface area contributed by atoms with Crippen molar-refractivity contribution in [2.24, 2.45) is 0 Å². The Morgan fingerprint density at radius 3 is 2.58 bits per heavy atom. The Morgan fingerprint density at radius 1 is 1.05 bits per heavy atom. The first kappa shape index (κ1) is 23.2. The van der Waals surface area contributed by atoms with Gasteiger partial charge in [0.15, 0.2) is 0 Å². The summed E-state index contributed by atoms with van der Waals surface area (Å²) in [6.45, 7) is 7.80. The minimum absolute atomic E-state index is 0.366. The maximum absolute atomic E-state index is 5.86. The van der Waals surface area contributed by atoms with E-state index in [0.29, 0.717) is 17.8 Å². The minimum Gasteiger partial charge on any atom is -0.496 e. The SMILES string of the molecule is COc1cc2c(cc1-c1c(C)noc1C)[nH]c1nc(C)nc(Nc3cc(C4CC4)nn3C3CCNCC3)c12. The van der Waals surface area contributed by atoms with E-state index in [1.165, 1.54) is 18.5 Å². The van der Waals surface area contributed by atoms with Crippen LogP contribution in [0.3, 0.4) is 0 Å². The fourth-order valence-electron chi connectivity index (χ4n) is 5.79. The molecule has 0 unspecified atom stereocenters. The highest BCUT2D eigenvalue weighted by molar-refractivity contribution is 6.13. The average Bonchev–Trinajstić information content (AvgIpc) is 3.46. The van der Waals surface area contributed by atoms with E-state index in [9.17, 15) is 0 Å². The molecule has 2 aliphatic rings. The van der Waals surface area contributed by atoms with E-state index >= 15 is 0 Å². The molecule has 5 heterocycles. The summed E-state index contributed by atoms with van der Waals surface area (Å²) in [6.07, 6.45) is 4.56. The Bertz CT molecular complexity index is 1650. The summed E-state index contributed by atoms with van der Waals surface area (Å²) in [5.74, 6) is 4.53. The number of piperidine rings is 1. The molecule has 2 fully saturated rings. The van der Waals surface area contributed by atoms with Crippen molar-refractivity contribution in [2.75, 3.05) is 25.5 Å². The first-order valence-electron chi connectivity index (χ1n) is 13.4. The molecule has 38 heavy (non-hydrogen) atoms. The van der Waals surface area contributed by atoms with E-state index in [4.69, 9.17) is 24.3 Å². The monoisotopic (exact) mass is 512 g/mol. The molecule has 0 bridgehead atoms. The number of methoxy groups -OCH3 is 1. The normalized spacial score (nSPS) is 16.5. The standard InChI is InChI=1S/C28H32N8O2/c1-14-25(15(2)38-35-14)20-11-22-19(12-23(20)37-4)26-27(32-22)30-16(3)31-28(26)33-24-13-21(17-5-6-17)34-36(24)18-7-9-29-10-8-18/h11-13,17-18,29H,5-10H2,1-4H3,(H2,30,31,32,33). The number of nitrogens with zero attached hydrogens (tertiary/aromatic N) is 5. The Balaban J connectivity index is 1.38. The van der Waals surface area contributed by atoms with Crippen LogP contribution in [0.5, 0.6) is 5.75 Å². The van der Waals surface area contributed by atoms with Crippen molar-refractivity contribution >= 4 is 33.6 Å². The molecule has 3 N–H and O–H groups in total.